The third-order valence-corrected chi connectivity index (χ3v) is 3.17. The van der Waals surface area contributed by atoms with Crippen molar-refractivity contribution in [3.05, 3.63) is 46.5 Å². The zero-order chi connectivity index (χ0) is 9.97. The molecule has 74 valence electrons. The molecule has 14 heavy (non-hydrogen) atoms. The van der Waals surface area contributed by atoms with Crippen LogP contribution in [0.15, 0.2) is 35.9 Å². The Bertz CT molecular complexity index is 335. The number of hydrogen-bond donors (Lipinski definition) is 0. The van der Waals surface area contributed by atoms with Crippen molar-refractivity contribution in [1.82, 2.24) is 0 Å². The minimum Gasteiger partial charge on any atom is -0.0856 e. The Hall–Kier alpha value is -0.750. The summed E-state index contributed by atoms with van der Waals surface area (Å²) >= 11 is 5.87. The zero-order valence-electron chi connectivity index (χ0n) is 8.46. The Morgan fingerprint density at radius 2 is 1.93 bits per heavy atom. The highest BCUT2D eigenvalue weighted by atomic mass is 35.5. The van der Waals surface area contributed by atoms with Gasteiger partial charge in [0, 0.05) is 5.02 Å². The van der Waals surface area contributed by atoms with Gasteiger partial charge in [-0.05, 0) is 49.8 Å². The molecular weight excluding hydrogens is 192 g/mol. The molecule has 0 N–H and O–H groups in total. The van der Waals surface area contributed by atoms with Gasteiger partial charge in [0.1, 0.15) is 0 Å². The fourth-order valence-electron chi connectivity index (χ4n) is 2.12. The molecule has 1 aromatic carbocycles. The van der Waals surface area contributed by atoms with Crippen LogP contribution in [0.25, 0.3) is 0 Å². The van der Waals surface area contributed by atoms with Crippen molar-refractivity contribution >= 4 is 11.6 Å². The summed E-state index contributed by atoms with van der Waals surface area (Å²) in [4.78, 5) is 0. The van der Waals surface area contributed by atoms with E-state index < -0.39 is 0 Å². The van der Waals surface area contributed by atoms with E-state index in [1.54, 1.807) is 0 Å². The van der Waals surface area contributed by atoms with Gasteiger partial charge in [0.05, 0.1) is 0 Å². The highest BCUT2D eigenvalue weighted by molar-refractivity contribution is 6.30. The van der Waals surface area contributed by atoms with Gasteiger partial charge in [-0.2, -0.15) is 0 Å². The average molecular weight is 207 g/mol. The van der Waals surface area contributed by atoms with Crippen molar-refractivity contribution in [1.29, 1.82) is 0 Å². The van der Waals surface area contributed by atoms with E-state index in [-0.39, 0.29) is 0 Å². The number of benzene rings is 1. The van der Waals surface area contributed by atoms with E-state index in [0.29, 0.717) is 5.92 Å². The molecule has 1 heteroatoms. The van der Waals surface area contributed by atoms with Gasteiger partial charge < -0.3 is 0 Å². The fraction of sp³-hybridized carbons (Fsp3) is 0.385. The lowest BCUT2D eigenvalue weighted by Gasteiger charge is -2.21. The van der Waals surface area contributed by atoms with E-state index >= 15 is 0 Å². The summed E-state index contributed by atoms with van der Waals surface area (Å²) in [5.74, 6) is 0.706. The molecule has 0 spiro atoms. The lowest BCUT2D eigenvalue weighted by molar-refractivity contribution is 0.596. The van der Waals surface area contributed by atoms with Gasteiger partial charge in [0.2, 0.25) is 0 Å². The topological polar surface area (TPSA) is 0 Å². The molecule has 0 amide bonds. The SMILES string of the molecule is CC1=CCCC(c2ccc(Cl)cc2)C1. The van der Waals surface area contributed by atoms with Crippen LogP contribution in [0.5, 0.6) is 0 Å². The van der Waals surface area contributed by atoms with Crippen LogP contribution in [0.1, 0.15) is 37.7 Å². The van der Waals surface area contributed by atoms with Gasteiger partial charge >= 0.3 is 0 Å². The molecule has 1 unspecified atom stereocenters. The molecule has 0 bridgehead atoms. The fourth-order valence-corrected chi connectivity index (χ4v) is 2.25. The molecule has 1 atom stereocenters. The van der Waals surface area contributed by atoms with Crippen LogP contribution >= 0.6 is 11.6 Å². The molecule has 1 aliphatic carbocycles. The standard InChI is InChI=1S/C13H15Cl/c1-10-3-2-4-12(9-10)11-5-7-13(14)8-6-11/h3,5-8,12H,2,4,9H2,1H3. The molecule has 0 saturated heterocycles. The maximum atomic E-state index is 5.87. The predicted octanol–water partition coefficient (Wildman–Crippen LogP) is 4.55. The maximum absolute atomic E-state index is 5.87. The van der Waals surface area contributed by atoms with Crippen molar-refractivity contribution < 1.29 is 0 Å². The van der Waals surface area contributed by atoms with Crippen molar-refractivity contribution in [2.24, 2.45) is 0 Å². The molecule has 1 aliphatic rings. The number of allylic oxidation sites excluding steroid dienone is 2. The first-order valence-electron chi connectivity index (χ1n) is 5.17. The highest BCUT2D eigenvalue weighted by Gasteiger charge is 2.14. The third kappa shape index (κ3) is 2.19. The molecule has 0 saturated carbocycles. The Kier molecular flexibility index (Phi) is 2.93. The number of hydrogen-bond acceptors (Lipinski definition) is 0. The van der Waals surface area contributed by atoms with Gasteiger partial charge in [-0.3, -0.25) is 0 Å². The number of halogens is 1. The van der Waals surface area contributed by atoms with Crippen LogP contribution in [0.4, 0.5) is 0 Å². The van der Waals surface area contributed by atoms with Gasteiger partial charge in [0.15, 0.2) is 0 Å². The lowest BCUT2D eigenvalue weighted by Crippen LogP contribution is -2.03. The summed E-state index contributed by atoms with van der Waals surface area (Å²) in [6, 6.07) is 8.30. The van der Waals surface area contributed by atoms with E-state index in [2.05, 4.69) is 25.1 Å². The molecule has 0 nitrogen and oxygen atoms in total. The molecule has 1 aromatic rings. The Morgan fingerprint density at radius 1 is 1.21 bits per heavy atom. The summed E-state index contributed by atoms with van der Waals surface area (Å²) in [7, 11) is 0. The first-order valence-corrected chi connectivity index (χ1v) is 5.54. The first kappa shape index (κ1) is 9.79. The van der Waals surface area contributed by atoms with Crippen LogP contribution in [0, 0.1) is 0 Å². The quantitative estimate of drug-likeness (QED) is 0.592. The van der Waals surface area contributed by atoms with E-state index in [9.17, 15) is 0 Å². The van der Waals surface area contributed by atoms with Crippen LogP contribution in [0.2, 0.25) is 5.02 Å². The minimum atomic E-state index is 0.706. The van der Waals surface area contributed by atoms with E-state index in [1.807, 2.05) is 12.1 Å². The van der Waals surface area contributed by atoms with E-state index in [0.717, 1.165) is 5.02 Å². The monoisotopic (exact) mass is 206 g/mol. The summed E-state index contributed by atoms with van der Waals surface area (Å²) in [6.07, 6.45) is 6.06. The molecule has 0 fully saturated rings. The molecular formula is C13H15Cl. The molecule has 0 radical (unpaired) electrons. The second-order valence-electron chi connectivity index (χ2n) is 4.08. The Labute approximate surface area is 90.6 Å². The van der Waals surface area contributed by atoms with Crippen LogP contribution < -0.4 is 0 Å². The summed E-state index contributed by atoms with van der Waals surface area (Å²) in [5, 5.41) is 0.830. The van der Waals surface area contributed by atoms with Crippen molar-refractivity contribution in [3.8, 4) is 0 Å². The Balaban J connectivity index is 2.16. The van der Waals surface area contributed by atoms with Gasteiger partial charge in [0.25, 0.3) is 0 Å². The third-order valence-electron chi connectivity index (χ3n) is 2.92. The molecule has 0 heterocycles. The van der Waals surface area contributed by atoms with Crippen molar-refractivity contribution in [3.63, 3.8) is 0 Å². The normalized spacial score (nSPS) is 21.9. The summed E-state index contributed by atoms with van der Waals surface area (Å²) in [5.41, 5.74) is 2.96. The second kappa shape index (κ2) is 4.18. The van der Waals surface area contributed by atoms with E-state index in [1.165, 1.54) is 30.4 Å². The van der Waals surface area contributed by atoms with Gasteiger partial charge in [-0.15, -0.1) is 0 Å². The average Bonchev–Trinajstić information content (AvgIpc) is 2.19. The van der Waals surface area contributed by atoms with Crippen LogP contribution in [-0.2, 0) is 0 Å². The highest BCUT2D eigenvalue weighted by Crippen LogP contribution is 2.32. The van der Waals surface area contributed by atoms with Crippen molar-refractivity contribution in [2.75, 3.05) is 0 Å². The molecule has 2 rings (SSSR count). The molecule has 0 aliphatic heterocycles. The first-order chi connectivity index (χ1) is 6.75. The van der Waals surface area contributed by atoms with Crippen molar-refractivity contribution in [2.45, 2.75) is 32.1 Å². The predicted molar refractivity (Wildman–Crippen MR) is 61.8 cm³/mol. The minimum absolute atomic E-state index is 0.706. The van der Waals surface area contributed by atoms with Crippen LogP contribution in [0.3, 0.4) is 0 Å². The summed E-state index contributed by atoms with van der Waals surface area (Å²) in [6.45, 7) is 2.22. The largest absolute Gasteiger partial charge is 0.0856 e. The van der Waals surface area contributed by atoms with Gasteiger partial charge in [-0.25, -0.2) is 0 Å². The smallest absolute Gasteiger partial charge is 0.0406 e. The maximum Gasteiger partial charge on any atom is 0.0406 e. The van der Waals surface area contributed by atoms with Crippen LogP contribution in [-0.4, -0.2) is 0 Å². The van der Waals surface area contributed by atoms with Gasteiger partial charge in [-0.1, -0.05) is 35.4 Å². The zero-order valence-corrected chi connectivity index (χ0v) is 9.22. The van der Waals surface area contributed by atoms with E-state index in [4.69, 9.17) is 11.6 Å². The summed E-state index contributed by atoms with van der Waals surface area (Å²) < 4.78 is 0. The lowest BCUT2D eigenvalue weighted by atomic mass is 9.84. The number of rotatable bonds is 1. The Morgan fingerprint density at radius 3 is 2.57 bits per heavy atom. The second-order valence-corrected chi connectivity index (χ2v) is 4.52. The molecule has 0 aromatic heterocycles.